The van der Waals surface area contributed by atoms with E-state index in [-0.39, 0.29) is 36.9 Å². The number of aliphatic hydroxyl groups excluding tert-OH is 1. The molecule has 0 radical (unpaired) electrons. The highest BCUT2D eigenvalue weighted by Crippen LogP contribution is 2.45. The minimum Gasteiger partial charge on any atom is -0.466 e. The molecule has 0 unspecified atom stereocenters. The molecule has 9 heteroatoms. The Balaban J connectivity index is 1.84. The number of hydrogen-bond acceptors (Lipinski definition) is 7. The summed E-state index contributed by atoms with van der Waals surface area (Å²) in [6.07, 6.45) is 3.82. The maximum absolute atomic E-state index is 13.7. The van der Waals surface area contributed by atoms with Gasteiger partial charge in [-0.15, -0.1) is 0 Å². The summed E-state index contributed by atoms with van der Waals surface area (Å²) in [6.45, 7) is 11.7. The Morgan fingerprint density at radius 1 is 1.27 bits per heavy atom. The van der Waals surface area contributed by atoms with Crippen molar-refractivity contribution in [2.75, 3.05) is 52.6 Å². The fourth-order valence-electron chi connectivity index (χ4n) is 5.38. The van der Waals surface area contributed by atoms with E-state index >= 15 is 0 Å². The van der Waals surface area contributed by atoms with Crippen LogP contribution in [0, 0.1) is 29.6 Å². The molecule has 0 bridgehead atoms. The van der Waals surface area contributed by atoms with Gasteiger partial charge in [0.1, 0.15) is 6.04 Å². The number of aliphatic hydroxyl groups is 1. The monoisotopic (exact) mass is 465 g/mol. The van der Waals surface area contributed by atoms with Crippen molar-refractivity contribution < 1.29 is 29.0 Å². The lowest BCUT2D eigenvalue weighted by atomic mass is 9.70. The van der Waals surface area contributed by atoms with Crippen LogP contribution in [0.2, 0.25) is 0 Å². The van der Waals surface area contributed by atoms with E-state index in [1.165, 1.54) is 0 Å². The molecule has 6 atom stereocenters. The molecule has 9 nitrogen and oxygen atoms in total. The highest BCUT2D eigenvalue weighted by atomic mass is 16.5. The Bertz CT molecular complexity index is 736. The number of nitrogens with one attached hydrogen (secondary N) is 1. The van der Waals surface area contributed by atoms with Gasteiger partial charge in [0.05, 0.1) is 44.3 Å². The van der Waals surface area contributed by atoms with Crippen molar-refractivity contribution >= 4 is 17.8 Å². The van der Waals surface area contributed by atoms with E-state index in [0.29, 0.717) is 26.3 Å². The third-order valence-corrected chi connectivity index (χ3v) is 7.18. The van der Waals surface area contributed by atoms with Gasteiger partial charge in [0.15, 0.2) is 0 Å². The molecule has 3 rings (SSSR count). The molecule has 0 aromatic carbocycles. The van der Waals surface area contributed by atoms with Crippen LogP contribution >= 0.6 is 0 Å². The van der Waals surface area contributed by atoms with Crippen LogP contribution in [0.3, 0.4) is 0 Å². The number of carbonyl (C=O) groups excluding carboxylic acids is 3. The maximum atomic E-state index is 13.7. The van der Waals surface area contributed by atoms with Gasteiger partial charge in [-0.3, -0.25) is 19.3 Å². The molecule has 0 spiro atoms. The predicted molar refractivity (Wildman–Crippen MR) is 122 cm³/mol. The molecular formula is C24H39N3O6. The first kappa shape index (κ1) is 25.6. The number of morpholine rings is 1. The second-order valence-corrected chi connectivity index (χ2v) is 9.55. The van der Waals surface area contributed by atoms with Gasteiger partial charge in [-0.05, 0) is 18.8 Å². The van der Waals surface area contributed by atoms with Crippen molar-refractivity contribution in [3.63, 3.8) is 0 Å². The van der Waals surface area contributed by atoms with E-state index in [9.17, 15) is 19.5 Å². The highest BCUT2D eigenvalue weighted by molar-refractivity contribution is 5.96. The van der Waals surface area contributed by atoms with Crippen LogP contribution in [0.5, 0.6) is 0 Å². The van der Waals surface area contributed by atoms with Gasteiger partial charge in [0, 0.05) is 32.1 Å². The number of nitrogens with zero attached hydrogens (tertiary/aromatic N) is 2. The van der Waals surface area contributed by atoms with Gasteiger partial charge >= 0.3 is 5.97 Å². The maximum Gasteiger partial charge on any atom is 0.310 e. The van der Waals surface area contributed by atoms with Gasteiger partial charge < -0.3 is 24.8 Å². The van der Waals surface area contributed by atoms with E-state index in [2.05, 4.69) is 10.2 Å². The van der Waals surface area contributed by atoms with Crippen LogP contribution in [-0.4, -0.2) is 97.4 Å². The number of esters is 1. The van der Waals surface area contributed by atoms with Crippen LogP contribution in [-0.2, 0) is 23.9 Å². The molecule has 0 saturated carbocycles. The van der Waals surface area contributed by atoms with Crippen LogP contribution in [0.4, 0.5) is 0 Å². The summed E-state index contributed by atoms with van der Waals surface area (Å²) in [5.41, 5.74) is 0. The number of ether oxygens (including phenoxy) is 2. The van der Waals surface area contributed by atoms with E-state index in [0.717, 1.165) is 13.1 Å². The Labute approximate surface area is 196 Å². The minimum absolute atomic E-state index is 0.0507. The van der Waals surface area contributed by atoms with Crippen molar-refractivity contribution in [2.24, 2.45) is 29.6 Å². The lowest BCUT2D eigenvalue weighted by Gasteiger charge is -2.35. The van der Waals surface area contributed by atoms with Gasteiger partial charge in [0.2, 0.25) is 11.8 Å². The fourth-order valence-corrected chi connectivity index (χ4v) is 5.38. The van der Waals surface area contributed by atoms with Crippen molar-refractivity contribution in [1.82, 2.24) is 15.1 Å². The van der Waals surface area contributed by atoms with Crippen molar-refractivity contribution in [2.45, 2.75) is 39.8 Å². The van der Waals surface area contributed by atoms with E-state index in [1.807, 2.05) is 32.9 Å². The molecule has 2 amide bonds. The van der Waals surface area contributed by atoms with Crippen LogP contribution in [0.1, 0.15) is 27.7 Å². The first-order valence-corrected chi connectivity index (χ1v) is 12.2. The molecule has 0 aromatic rings. The molecule has 1 aliphatic carbocycles. The lowest BCUT2D eigenvalue weighted by Crippen LogP contribution is -2.54. The predicted octanol–water partition coefficient (Wildman–Crippen LogP) is 0.280. The van der Waals surface area contributed by atoms with Gasteiger partial charge in [0.25, 0.3) is 0 Å². The average molecular weight is 466 g/mol. The van der Waals surface area contributed by atoms with Gasteiger partial charge in [-0.2, -0.15) is 0 Å². The quantitative estimate of drug-likeness (QED) is 0.372. The SMILES string of the molecule is CCOC(=O)[C@H]1[C@@H]2C(=O)N([C@@H](CO)C(C)C)[C@H](C(=O)NCCN3CCOCC3)[C@H]2C=C[C@H]1C. The van der Waals surface area contributed by atoms with Gasteiger partial charge in [-0.1, -0.05) is 32.9 Å². The zero-order valence-electron chi connectivity index (χ0n) is 20.2. The summed E-state index contributed by atoms with van der Waals surface area (Å²) in [4.78, 5) is 43.7. The number of likely N-dealkylation sites (tertiary alicyclic amines) is 1. The Morgan fingerprint density at radius 2 is 1.97 bits per heavy atom. The second kappa shape index (κ2) is 11.4. The largest absolute Gasteiger partial charge is 0.466 e. The van der Waals surface area contributed by atoms with Crippen LogP contribution in [0.25, 0.3) is 0 Å². The lowest BCUT2D eigenvalue weighted by molar-refractivity contribution is -0.156. The second-order valence-electron chi connectivity index (χ2n) is 9.55. The number of allylic oxidation sites excluding steroid dienone is 1. The third-order valence-electron chi connectivity index (χ3n) is 7.18. The summed E-state index contributed by atoms with van der Waals surface area (Å²) < 4.78 is 10.7. The molecule has 2 N–H and O–H groups in total. The number of carbonyl (C=O) groups is 3. The van der Waals surface area contributed by atoms with E-state index < -0.39 is 35.8 Å². The van der Waals surface area contributed by atoms with Crippen molar-refractivity contribution in [3.05, 3.63) is 12.2 Å². The first-order chi connectivity index (χ1) is 15.8. The molecule has 2 aliphatic heterocycles. The Morgan fingerprint density at radius 3 is 2.58 bits per heavy atom. The summed E-state index contributed by atoms with van der Waals surface area (Å²) in [7, 11) is 0. The minimum atomic E-state index is -0.771. The zero-order valence-corrected chi connectivity index (χ0v) is 20.2. The zero-order chi connectivity index (χ0) is 24.1. The number of amides is 2. The summed E-state index contributed by atoms with van der Waals surface area (Å²) in [5, 5.41) is 13.1. The summed E-state index contributed by atoms with van der Waals surface area (Å²) in [5.74, 6) is -2.90. The van der Waals surface area contributed by atoms with Crippen LogP contribution in [0.15, 0.2) is 12.2 Å². The van der Waals surface area contributed by atoms with Gasteiger partial charge in [-0.25, -0.2) is 0 Å². The molecule has 2 heterocycles. The average Bonchev–Trinajstić information content (AvgIpc) is 3.07. The smallest absolute Gasteiger partial charge is 0.310 e. The summed E-state index contributed by atoms with van der Waals surface area (Å²) in [6, 6.07) is -1.28. The highest BCUT2D eigenvalue weighted by Gasteiger charge is 2.58. The molecule has 2 saturated heterocycles. The first-order valence-electron chi connectivity index (χ1n) is 12.2. The fraction of sp³-hybridized carbons (Fsp3) is 0.792. The van der Waals surface area contributed by atoms with Crippen LogP contribution < -0.4 is 5.32 Å². The molecular weight excluding hydrogens is 426 g/mol. The van der Waals surface area contributed by atoms with E-state index in [4.69, 9.17) is 9.47 Å². The molecule has 33 heavy (non-hydrogen) atoms. The van der Waals surface area contributed by atoms with Crippen molar-refractivity contribution in [1.29, 1.82) is 0 Å². The number of rotatable bonds is 9. The summed E-state index contributed by atoms with van der Waals surface area (Å²) >= 11 is 0. The molecule has 2 fully saturated rings. The normalized spacial score (nSPS) is 30.9. The Hall–Kier alpha value is -1.97. The number of fused-ring (bicyclic) bond motifs is 1. The topological polar surface area (TPSA) is 108 Å². The van der Waals surface area contributed by atoms with Crippen molar-refractivity contribution in [3.8, 4) is 0 Å². The molecule has 0 aromatic heterocycles. The van der Waals surface area contributed by atoms with E-state index in [1.54, 1.807) is 11.8 Å². The third kappa shape index (κ3) is 5.41. The molecule has 186 valence electrons. The molecule has 3 aliphatic rings. The standard InChI is InChI=1S/C24H39N3O6/c1-5-33-24(31)19-16(4)6-7-17-20(19)23(30)27(18(14-28)15(2)3)21(17)22(29)25-8-9-26-10-12-32-13-11-26/h6-7,15-21,28H,5,8-14H2,1-4H3,(H,25,29)/t16-,17+,18+,19-,20-,21+/m1/s1. The Kier molecular flexibility index (Phi) is 8.89. The number of hydrogen-bond donors (Lipinski definition) is 2.